The molecule has 0 atom stereocenters. The summed E-state index contributed by atoms with van der Waals surface area (Å²) in [5, 5.41) is 15.3. The number of tetrazole rings is 1. The molecule has 0 aliphatic heterocycles. The summed E-state index contributed by atoms with van der Waals surface area (Å²) < 4.78 is 1.84. The number of rotatable bonds is 5. The van der Waals surface area contributed by atoms with Crippen molar-refractivity contribution in [2.24, 2.45) is 0 Å². The fourth-order valence-electron chi connectivity index (χ4n) is 2.03. The maximum atomic E-state index is 4.12. The zero-order valence-electron chi connectivity index (χ0n) is 11.1. The Morgan fingerprint density at radius 1 is 1.28 bits per heavy atom. The van der Waals surface area contributed by atoms with Gasteiger partial charge in [0, 0.05) is 0 Å². The van der Waals surface area contributed by atoms with Crippen molar-refractivity contribution in [1.82, 2.24) is 25.5 Å². The van der Waals surface area contributed by atoms with Crippen molar-refractivity contribution in [3.8, 4) is 5.69 Å². The summed E-state index contributed by atoms with van der Waals surface area (Å²) >= 11 is 0. The predicted octanol–water partition coefficient (Wildman–Crippen LogP) is 1.64. The highest BCUT2D eigenvalue weighted by atomic mass is 15.5. The predicted molar refractivity (Wildman–Crippen MR) is 70.6 cm³/mol. The highest BCUT2D eigenvalue weighted by molar-refractivity contribution is 5.47. The van der Waals surface area contributed by atoms with Crippen LogP contribution in [-0.4, -0.2) is 26.8 Å². The number of aryl methyl sites for hydroxylation is 2. The Morgan fingerprint density at radius 2 is 2.11 bits per heavy atom. The van der Waals surface area contributed by atoms with Gasteiger partial charge in [-0.3, -0.25) is 0 Å². The first-order valence-corrected chi connectivity index (χ1v) is 6.34. The van der Waals surface area contributed by atoms with Crippen molar-refractivity contribution >= 4 is 0 Å². The average molecular weight is 245 g/mol. The first-order chi connectivity index (χ1) is 8.77. The van der Waals surface area contributed by atoms with E-state index in [0.717, 1.165) is 24.5 Å². The fourth-order valence-corrected chi connectivity index (χ4v) is 2.03. The molecule has 0 radical (unpaired) electrons. The third-order valence-electron chi connectivity index (χ3n) is 2.98. The highest BCUT2D eigenvalue weighted by Gasteiger charge is 2.12. The number of hydrogen-bond donors (Lipinski definition) is 1. The van der Waals surface area contributed by atoms with Gasteiger partial charge in [-0.2, -0.15) is 4.68 Å². The van der Waals surface area contributed by atoms with Crippen LogP contribution in [0.25, 0.3) is 5.69 Å². The SMILES string of the molecule is CCNCc1nnnn1-c1c(C)cccc1CC. The van der Waals surface area contributed by atoms with Crippen LogP contribution < -0.4 is 5.32 Å². The topological polar surface area (TPSA) is 55.6 Å². The van der Waals surface area contributed by atoms with Crippen LogP contribution in [-0.2, 0) is 13.0 Å². The van der Waals surface area contributed by atoms with Crippen LogP contribution in [0.15, 0.2) is 18.2 Å². The lowest BCUT2D eigenvalue weighted by Crippen LogP contribution is -2.17. The number of benzene rings is 1. The lowest BCUT2D eigenvalue weighted by atomic mass is 10.1. The van der Waals surface area contributed by atoms with Crippen molar-refractivity contribution in [3.05, 3.63) is 35.2 Å². The van der Waals surface area contributed by atoms with Gasteiger partial charge in [0.15, 0.2) is 5.82 Å². The van der Waals surface area contributed by atoms with E-state index in [1.54, 1.807) is 0 Å². The number of aromatic nitrogens is 4. The average Bonchev–Trinajstić information content (AvgIpc) is 2.83. The minimum Gasteiger partial charge on any atom is -0.310 e. The van der Waals surface area contributed by atoms with E-state index >= 15 is 0 Å². The number of para-hydroxylation sites is 1. The molecule has 0 saturated carbocycles. The molecule has 0 saturated heterocycles. The summed E-state index contributed by atoms with van der Waals surface area (Å²) in [6.45, 7) is 7.89. The normalized spacial score (nSPS) is 10.8. The van der Waals surface area contributed by atoms with Gasteiger partial charge in [0.2, 0.25) is 0 Å². The fraction of sp³-hybridized carbons (Fsp3) is 0.462. The summed E-state index contributed by atoms with van der Waals surface area (Å²) in [7, 11) is 0. The van der Waals surface area contributed by atoms with Gasteiger partial charge in [-0.25, -0.2) is 0 Å². The van der Waals surface area contributed by atoms with E-state index < -0.39 is 0 Å². The van der Waals surface area contributed by atoms with E-state index in [0.29, 0.717) is 6.54 Å². The van der Waals surface area contributed by atoms with Crippen molar-refractivity contribution in [2.45, 2.75) is 33.7 Å². The molecule has 0 aliphatic carbocycles. The first-order valence-electron chi connectivity index (χ1n) is 6.34. The molecule has 2 aromatic rings. The van der Waals surface area contributed by atoms with Gasteiger partial charge in [0.1, 0.15) is 0 Å². The van der Waals surface area contributed by atoms with Gasteiger partial charge in [-0.15, -0.1) is 5.10 Å². The molecule has 5 nitrogen and oxygen atoms in total. The number of nitrogens with zero attached hydrogens (tertiary/aromatic N) is 4. The molecule has 96 valence electrons. The quantitative estimate of drug-likeness (QED) is 0.870. The molecule has 1 N–H and O–H groups in total. The zero-order valence-corrected chi connectivity index (χ0v) is 11.1. The Bertz CT molecular complexity index is 518. The van der Waals surface area contributed by atoms with Crippen LogP contribution in [0.4, 0.5) is 0 Å². The van der Waals surface area contributed by atoms with E-state index in [2.05, 4.69) is 59.8 Å². The maximum absolute atomic E-state index is 4.12. The standard InChI is InChI=1S/C13H19N5/c1-4-11-8-6-7-10(3)13(11)18-12(9-14-5-2)15-16-17-18/h6-8,14H,4-5,9H2,1-3H3. The molecule has 0 amide bonds. The molecule has 0 spiro atoms. The minimum atomic E-state index is 0.682. The number of nitrogens with one attached hydrogen (secondary N) is 1. The minimum absolute atomic E-state index is 0.682. The van der Waals surface area contributed by atoms with Crippen LogP contribution in [0.1, 0.15) is 30.8 Å². The Morgan fingerprint density at radius 3 is 2.83 bits per heavy atom. The second-order valence-electron chi connectivity index (χ2n) is 4.22. The Balaban J connectivity index is 2.45. The summed E-state index contributed by atoms with van der Waals surface area (Å²) in [6.07, 6.45) is 0.970. The van der Waals surface area contributed by atoms with E-state index in [1.807, 2.05) is 4.68 Å². The van der Waals surface area contributed by atoms with Crippen molar-refractivity contribution < 1.29 is 0 Å². The van der Waals surface area contributed by atoms with Gasteiger partial charge in [0.05, 0.1) is 12.2 Å². The monoisotopic (exact) mass is 245 g/mol. The van der Waals surface area contributed by atoms with Crippen LogP contribution in [0, 0.1) is 6.92 Å². The van der Waals surface area contributed by atoms with Crippen molar-refractivity contribution in [3.63, 3.8) is 0 Å². The second-order valence-corrected chi connectivity index (χ2v) is 4.22. The summed E-state index contributed by atoms with van der Waals surface area (Å²) in [6, 6.07) is 6.29. The zero-order chi connectivity index (χ0) is 13.0. The molecule has 18 heavy (non-hydrogen) atoms. The van der Waals surface area contributed by atoms with Gasteiger partial charge >= 0.3 is 0 Å². The van der Waals surface area contributed by atoms with E-state index in [-0.39, 0.29) is 0 Å². The van der Waals surface area contributed by atoms with Crippen LogP contribution in [0.3, 0.4) is 0 Å². The third kappa shape index (κ3) is 2.41. The van der Waals surface area contributed by atoms with Crippen LogP contribution in [0.5, 0.6) is 0 Å². The molecule has 5 heteroatoms. The van der Waals surface area contributed by atoms with Gasteiger partial charge in [0.25, 0.3) is 0 Å². The molecular formula is C13H19N5. The Hall–Kier alpha value is -1.75. The van der Waals surface area contributed by atoms with E-state index in [4.69, 9.17) is 0 Å². The first kappa shape index (κ1) is 12.7. The second kappa shape index (κ2) is 5.73. The van der Waals surface area contributed by atoms with Crippen LogP contribution >= 0.6 is 0 Å². The molecule has 0 bridgehead atoms. The summed E-state index contributed by atoms with van der Waals surface area (Å²) in [4.78, 5) is 0. The number of hydrogen-bond acceptors (Lipinski definition) is 4. The molecule has 0 aliphatic rings. The lowest BCUT2D eigenvalue weighted by Gasteiger charge is -2.12. The van der Waals surface area contributed by atoms with Gasteiger partial charge in [-0.05, 0) is 41.4 Å². The molecule has 0 unspecified atom stereocenters. The van der Waals surface area contributed by atoms with E-state index in [9.17, 15) is 0 Å². The van der Waals surface area contributed by atoms with Crippen LogP contribution in [0.2, 0.25) is 0 Å². The Kier molecular flexibility index (Phi) is 4.04. The van der Waals surface area contributed by atoms with Gasteiger partial charge < -0.3 is 5.32 Å². The van der Waals surface area contributed by atoms with Gasteiger partial charge in [-0.1, -0.05) is 32.0 Å². The van der Waals surface area contributed by atoms with Crippen molar-refractivity contribution in [1.29, 1.82) is 0 Å². The summed E-state index contributed by atoms with van der Waals surface area (Å²) in [5.74, 6) is 0.848. The maximum Gasteiger partial charge on any atom is 0.170 e. The molecule has 1 aromatic carbocycles. The van der Waals surface area contributed by atoms with Crippen molar-refractivity contribution in [2.75, 3.05) is 6.54 Å². The molecule has 1 heterocycles. The molecule has 0 fully saturated rings. The van der Waals surface area contributed by atoms with E-state index in [1.165, 1.54) is 11.1 Å². The Labute approximate surface area is 107 Å². The highest BCUT2D eigenvalue weighted by Crippen LogP contribution is 2.19. The summed E-state index contributed by atoms with van der Waals surface area (Å²) in [5.41, 5.74) is 3.57. The molecule has 1 aromatic heterocycles. The smallest absolute Gasteiger partial charge is 0.170 e. The largest absolute Gasteiger partial charge is 0.310 e. The lowest BCUT2D eigenvalue weighted by molar-refractivity contribution is 0.660. The molecular weight excluding hydrogens is 226 g/mol. The molecule has 2 rings (SSSR count). The third-order valence-corrected chi connectivity index (χ3v) is 2.98.